The van der Waals surface area contributed by atoms with Crippen molar-refractivity contribution in [2.75, 3.05) is 13.7 Å². The van der Waals surface area contributed by atoms with Crippen molar-refractivity contribution in [2.45, 2.75) is 20.4 Å². The Morgan fingerprint density at radius 1 is 1.03 bits per heavy atom. The lowest BCUT2D eigenvalue weighted by Gasteiger charge is -2.09. The normalized spacial score (nSPS) is 10.9. The molecule has 7 nitrogen and oxygen atoms in total. The van der Waals surface area contributed by atoms with Gasteiger partial charge in [0.1, 0.15) is 11.3 Å². The van der Waals surface area contributed by atoms with Gasteiger partial charge >= 0.3 is 0 Å². The minimum absolute atomic E-state index is 0.146. The van der Waals surface area contributed by atoms with E-state index in [4.69, 9.17) is 4.74 Å². The molecular weight excluding hydrogens is 392 g/mol. The number of methoxy groups -OCH3 is 1. The first kappa shape index (κ1) is 20.4. The Bertz CT molecular complexity index is 1280. The molecule has 2 aromatic carbocycles. The summed E-state index contributed by atoms with van der Waals surface area (Å²) in [7, 11) is 1.62. The number of ether oxygens (including phenoxy) is 1. The molecule has 0 radical (unpaired) electrons. The number of benzene rings is 2. The largest absolute Gasteiger partial charge is 0.497 e. The van der Waals surface area contributed by atoms with E-state index in [0.717, 1.165) is 22.4 Å². The molecule has 0 spiro atoms. The number of amides is 1. The number of nitrogens with one attached hydrogen (secondary N) is 1. The quantitative estimate of drug-likeness (QED) is 0.524. The second-order valence-electron chi connectivity index (χ2n) is 7.52. The summed E-state index contributed by atoms with van der Waals surface area (Å²) in [5.41, 5.74) is 4.64. The van der Waals surface area contributed by atoms with Gasteiger partial charge in [0.25, 0.3) is 11.5 Å². The third-order valence-corrected chi connectivity index (χ3v) is 5.11. The summed E-state index contributed by atoms with van der Waals surface area (Å²) in [5, 5.41) is 7.38. The van der Waals surface area contributed by atoms with Crippen LogP contribution in [0, 0.1) is 13.8 Å². The van der Waals surface area contributed by atoms with Crippen molar-refractivity contribution in [3.63, 3.8) is 0 Å². The lowest BCUT2D eigenvalue weighted by atomic mass is 10.1. The Labute approximate surface area is 179 Å². The third kappa shape index (κ3) is 4.35. The summed E-state index contributed by atoms with van der Waals surface area (Å²) in [6.07, 6.45) is 3.43. The highest BCUT2D eigenvalue weighted by molar-refractivity contribution is 5.94. The molecule has 2 aromatic heterocycles. The van der Waals surface area contributed by atoms with Crippen LogP contribution in [0.15, 0.2) is 65.7 Å². The molecule has 2 heterocycles. The lowest BCUT2D eigenvalue weighted by molar-refractivity contribution is 0.0952. The van der Waals surface area contributed by atoms with E-state index in [1.165, 1.54) is 0 Å². The molecule has 0 bridgehead atoms. The van der Waals surface area contributed by atoms with Gasteiger partial charge in [-0.25, -0.2) is 4.52 Å². The predicted molar refractivity (Wildman–Crippen MR) is 120 cm³/mol. The number of fused-ring (bicyclic) bond motifs is 1. The minimum Gasteiger partial charge on any atom is -0.497 e. The van der Waals surface area contributed by atoms with Crippen LogP contribution in [0.25, 0.3) is 16.8 Å². The number of hydrogen-bond acceptors (Lipinski definition) is 4. The highest BCUT2D eigenvalue weighted by Gasteiger charge is 2.10. The van der Waals surface area contributed by atoms with Crippen molar-refractivity contribution in [3.05, 3.63) is 88.0 Å². The highest BCUT2D eigenvalue weighted by Crippen LogP contribution is 2.21. The molecule has 0 saturated heterocycles. The van der Waals surface area contributed by atoms with Gasteiger partial charge < -0.3 is 14.6 Å². The molecule has 0 atom stereocenters. The van der Waals surface area contributed by atoms with Gasteiger partial charge in [-0.15, -0.1) is 0 Å². The van der Waals surface area contributed by atoms with Crippen molar-refractivity contribution in [1.29, 1.82) is 0 Å². The maximum atomic E-state index is 12.9. The number of carbonyl (C=O) groups excluding carboxylic acids is 1. The van der Waals surface area contributed by atoms with Gasteiger partial charge in [0, 0.05) is 36.6 Å². The Morgan fingerprint density at radius 2 is 1.74 bits per heavy atom. The summed E-state index contributed by atoms with van der Waals surface area (Å²) in [6.45, 7) is 4.64. The van der Waals surface area contributed by atoms with Gasteiger partial charge in [-0.2, -0.15) is 5.10 Å². The van der Waals surface area contributed by atoms with Gasteiger partial charge in [0.2, 0.25) is 0 Å². The maximum absolute atomic E-state index is 12.9. The SMILES string of the molecule is COc1ccc(-c2cc3c(=O)n(CCNC(=O)c4cc(C)cc(C)c4)ccn3n2)cc1. The van der Waals surface area contributed by atoms with Crippen LogP contribution in [0.2, 0.25) is 0 Å². The average molecular weight is 416 g/mol. The number of rotatable bonds is 6. The average Bonchev–Trinajstić information content (AvgIpc) is 3.20. The van der Waals surface area contributed by atoms with Gasteiger partial charge in [0.15, 0.2) is 0 Å². The van der Waals surface area contributed by atoms with Crippen LogP contribution in [0.5, 0.6) is 5.75 Å². The van der Waals surface area contributed by atoms with Crippen molar-refractivity contribution in [2.24, 2.45) is 0 Å². The molecule has 0 aliphatic rings. The Kier molecular flexibility index (Phi) is 5.58. The third-order valence-electron chi connectivity index (χ3n) is 5.11. The molecule has 0 unspecified atom stereocenters. The monoisotopic (exact) mass is 416 g/mol. The number of nitrogens with zero attached hydrogens (tertiary/aromatic N) is 3. The molecule has 4 rings (SSSR count). The van der Waals surface area contributed by atoms with Gasteiger partial charge in [-0.3, -0.25) is 9.59 Å². The van der Waals surface area contributed by atoms with E-state index in [0.29, 0.717) is 29.9 Å². The molecule has 0 saturated carbocycles. The predicted octanol–water partition coefficient (Wildman–Crippen LogP) is 3.22. The van der Waals surface area contributed by atoms with Crippen LogP contribution < -0.4 is 15.6 Å². The fourth-order valence-corrected chi connectivity index (χ4v) is 3.60. The van der Waals surface area contributed by atoms with Crippen molar-refractivity contribution >= 4 is 11.4 Å². The van der Waals surface area contributed by atoms with Crippen LogP contribution in [-0.2, 0) is 6.54 Å². The summed E-state index contributed by atoms with van der Waals surface area (Å²) < 4.78 is 8.34. The van der Waals surface area contributed by atoms with E-state index in [2.05, 4.69) is 10.4 Å². The van der Waals surface area contributed by atoms with E-state index in [9.17, 15) is 9.59 Å². The number of aromatic nitrogens is 3. The zero-order valence-electron chi connectivity index (χ0n) is 17.8. The Hall–Kier alpha value is -3.87. The maximum Gasteiger partial charge on any atom is 0.276 e. The molecule has 0 fully saturated rings. The second kappa shape index (κ2) is 8.47. The van der Waals surface area contributed by atoms with Gasteiger partial charge in [-0.1, -0.05) is 17.2 Å². The standard InChI is InChI=1S/C24H24N4O3/c1-16-12-17(2)14-19(13-16)23(29)25-8-9-27-10-11-28-22(24(27)30)15-21(26-28)18-4-6-20(31-3)7-5-18/h4-7,10-15H,8-9H2,1-3H3,(H,25,29). The van der Waals surface area contributed by atoms with E-state index >= 15 is 0 Å². The topological polar surface area (TPSA) is 77.6 Å². The van der Waals surface area contributed by atoms with E-state index in [1.54, 1.807) is 34.7 Å². The molecule has 1 N–H and O–H groups in total. The second-order valence-corrected chi connectivity index (χ2v) is 7.52. The molecule has 0 aliphatic carbocycles. The van der Waals surface area contributed by atoms with Crippen molar-refractivity contribution in [1.82, 2.24) is 19.5 Å². The Balaban J connectivity index is 1.49. The molecule has 158 valence electrons. The molecule has 4 aromatic rings. The first-order valence-corrected chi connectivity index (χ1v) is 10.0. The molecule has 31 heavy (non-hydrogen) atoms. The van der Waals surface area contributed by atoms with E-state index < -0.39 is 0 Å². The number of carbonyl (C=O) groups is 1. The number of hydrogen-bond donors (Lipinski definition) is 1. The van der Waals surface area contributed by atoms with Gasteiger partial charge in [-0.05, 0) is 56.3 Å². The van der Waals surface area contributed by atoms with Crippen molar-refractivity contribution in [3.8, 4) is 17.0 Å². The van der Waals surface area contributed by atoms with E-state index in [-0.39, 0.29) is 11.5 Å². The van der Waals surface area contributed by atoms with Crippen molar-refractivity contribution < 1.29 is 9.53 Å². The highest BCUT2D eigenvalue weighted by atomic mass is 16.5. The zero-order chi connectivity index (χ0) is 22.0. The summed E-state index contributed by atoms with van der Waals surface area (Å²) in [6, 6.07) is 15.0. The molecule has 0 aliphatic heterocycles. The zero-order valence-corrected chi connectivity index (χ0v) is 17.8. The van der Waals surface area contributed by atoms with Gasteiger partial charge in [0.05, 0.1) is 12.8 Å². The minimum atomic E-state index is -0.157. The first-order valence-electron chi connectivity index (χ1n) is 10.0. The summed E-state index contributed by atoms with van der Waals surface area (Å²) >= 11 is 0. The van der Waals surface area contributed by atoms with Crippen LogP contribution in [0.1, 0.15) is 21.5 Å². The number of aryl methyl sites for hydroxylation is 2. The smallest absolute Gasteiger partial charge is 0.276 e. The van der Waals surface area contributed by atoms with Crippen LogP contribution in [0.4, 0.5) is 0 Å². The lowest BCUT2D eigenvalue weighted by Crippen LogP contribution is -2.31. The summed E-state index contributed by atoms with van der Waals surface area (Å²) in [4.78, 5) is 25.3. The fraction of sp³-hybridized carbons (Fsp3) is 0.208. The fourth-order valence-electron chi connectivity index (χ4n) is 3.60. The van der Waals surface area contributed by atoms with Crippen LogP contribution >= 0.6 is 0 Å². The molecule has 1 amide bonds. The van der Waals surface area contributed by atoms with Crippen LogP contribution in [0.3, 0.4) is 0 Å². The first-order chi connectivity index (χ1) is 14.9. The summed E-state index contributed by atoms with van der Waals surface area (Å²) in [5.74, 6) is 0.616. The van der Waals surface area contributed by atoms with E-state index in [1.807, 2.05) is 56.3 Å². The van der Waals surface area contributed by atoms with Crippen LogP contribution in [-0.4, -0.2) is 33.7 Å². The molecular formula is C24H24N4O3. The molecule has 7 heteroatoms. The Morgan fingerprint density at radius 3 is 2.42 bits per heavy atom.